The quantitative estimate of drug-likeness (QED) is 0.424. The lowest BCUT2D eigenvalue weighted by molar-refractivity contribution is 0.399. The number of anilines is 1. The topological polar surface area (TPSA) is 97.9 Å². The van der Waals surface area contributed by atoms with Gasteiger partial charge in [-0.25, -0.2) is 14.4 Å². The highest BCUT2D eigenvalue weighted by atomic mass is 19.1. The molecule has 2 aliphatic heterocycles. The third-order valence-corrected chi connectivity index (χ3v) is 6.03. The van der Waals surface area contributed by atoms with E-state index in [1.807, 2.05) is 29.2 Å². The molecule has 1 aromatic carbocycles. The van der Waals surface area contributed by atoms with E-state index in [1.165, 1.54) is 6.07 Å². The summed E-state index contributed by atoms with van der Waals surface area (Å²) in [5, 5.41) is 8.53. The predicted molar refractivity (Wildman–Crippen MR) is 124 cm³/mol. The fourth-order valence-corrected chi connectivity index (χ4v) is 4.37. The molecule has 4 N–H and O–H groups in total. The Balaban J connectivity index is 1.28. The molecule has 8 heteroatoms. The van der Waals surface area contributed by atoms with Crippen molar-refractivity contribution < 1.29 is 4.39 Å². The summed E-state index contributed by atoms with van der Waals surface area (Å²) in [7, 11) is 0. The minimum atomic E-state index is -0.242. The second-order valence-electron chi connectivity index (χ2n) is 8.35. The Labute approximate surface area is 186 Å². The predicted octanol–water partition coefficient (Wildman–Crippen LogP) is 3.59. The van der Waals surface area contributed by atoms with Gasteiger partial charge < -0.3 is 20.5 Å². The molecule has 2 saturated heterocycles. The lowest BCUT2D eigenvalue weighted by Gasteiger charge is -2.37. The number of nitrogens with zero attached hydrogens (tertiary/aromatic N) is 4. The molecular weight excluding hydrogens is 405 g/mol. The van der Waals surface area contributed by atoms with E-state index in [2.05, 4.69) is 14.9 Å². The molecule has 0 saturated carbocycles. The Hall–Kier alpha value is -3.52. The van der Waals surface area contributed by atoms with Gasteiger partial charge in [0, 0.05) is 25.7 Å². The highest BCUT2D eigenvalue weighted by Gasteiger charge is 2.27. The summed E-state index contributed by atoms with van der Waals surface area (Å²) in [6.45, 7) is 2.43. The molecule has 2 fully saturated rings. The van der Waals surface area contributed by atoms with Crippen LogP contribution in [0.5, 0.6) is 0 Å². The van der Waals surface area contributed by atoms with Crippen molar-refractivity contribution in [2.24, 2.45) is 5.73 Å². The zero-order valence-corrected chi connectivity index (χ0v) is 17.7. The maximum Gasteiger partial charge on any atom is 0.130 e. The molecule has 0 unspecified atom stereocenters. The van der Waals surface area contributed by atoms with Gasteiger partial charge in [-0.1, -0.05) is 18.2 Å². The number of H-pyrrole nitrogens is 1. The molecule has 0 amide bonds. The standard InChI is InChI=1S/C24H26FN7/c25-17-5-1-4-16(12-17)21-7-3-11-32(21)22(27)9-10-23-28-13-20(29-23)19-6-2-8-24(30-19)31-14-18(26)15-31/h1-2,4-6,8-10,12-13,18,21,27H,3,7,11,14-15,26H2,(H,28,29)/b10-9-,27-22?/t21-/m1/s1. The van der Waals surface area contributed by atoms with Crippen molar-refractivity contribution in [1.29, 1.82) is 5.41 Å². The molecule has 32 heavy (non-hydrogen) atoms. The summed E-state index contributed by atoms with van der Waals surface area (Å²) >= 11 is 0. The number of hydrogen-bond acceptors (Lipinski definition) is 5. The Morgan fingerprint density at radius 3 is 2.88 bits per heavy atom. The number of pyridine rings is 1. The summed E-state index contributed by atoms with van der Waals surface area (Å²) in [6, 6.07) is 12.8. The van der Waals surface area contributed by atoms with Gasteiger partial charge in [-0.2, -0.15) is 0 Å². The Morgan fingerprint density at radius 1 is 1.22 bits per heavy atom. The smallest absolute Gasteiger partial charge is 0.130 e. The SMILES string of the molecule is N=C(/C=C\c1ncc(-c2cccc(N3CC(N)C3)n2)[nH]1)N1CCC[C@@H]1c1cccc(F)c1. The zero-order chi connectivity index (χ0) is 22.1. The van der Waals surface area contributed by atoms with Crippen LogP contribution >= 0.6 is 0 Å². The lowest BCUT2D eigenvalue weighted by Crippen LogP contribution is -2.56. The number of aromatic nitrogens is 3. The van der Waals surface area contributed by atoms with Crippen molar-refractivity contribution in [3.8, 4) is 11.4 Å². The first-order chi connectivity index (χ1) is 15.6. The van der Waals surface area contributed by atoms with E-state index >= 15 is 0 Å². The van der Waals surface area contributed by atoms with Crippen LogP contribution in [0.3, 0.4) is 0 Å². The first kappa shape index (κ1) is 20.4. The van der Waals surface area contributed by atoms with Crippen LogP contribution in [0.4, 0.5) is 10.2 Å². The van der Waals surface area contributed by atoms with E-state index in [-0.39, 0.29) is 17.9 Å². The summed E-state index contributed by atoms with van der Waals surface area (Å²) in [5.41, 5.74) is 8.43. The lowest BCUT2D eigenvalue weighted by atomic mass is 10.0. The van der Waals surface area contributed by atoms with Crippen LogP contribution in [0.2, 0.25) is 0 Å². The molecule has 164 valence electrons. The van der Waals surface area contributed by atoms with Gasteiger partial charge in [0.15, 0.2) is 0 Å². The average molecular weight is 432 g/mol. The van der Waals surface area contributed by atoms with Gasteiger partial charge >= 0.3 is 0 Å². The van der Waals surface area contributed by atoms with E-state index in [0.717, 1.165) is 55.2 Å². The maximum absolute atomic E-state index is 13.7. The number of nitrogens with two attached hydrogens (primary N) is 1. The van der Waals surface area contributed by atoms with Crippen molar-refractivity contribution in [3.05, 3.63) is 71.9 Å². The number of halogens is 1. The van der Waals surface area contributed by atoms with E-state index in [0.29, 0.717) is 11.7 Å². The first-order valence-corrected chi connectivity index (χ1v) is 10.9. The summed E-state index contributed by atoms with van der Waals surface area (Å²) in [4.78, 5) is 16.6. The van der Waals surface area contributed by atoms with Crippen molar-refractivity contribution in [2.75, 3.05) is 24.5 Å². The molecule has 0 radical (unpaired) electrons. The van der Waals surface area contributed by atoms with Gasteiger partial charge in [0.1, 0.15) is 23.3 Å². The Kier molecular flexibility index (Phi) is 5.45. The largest absolute Gasteiger partial charge is 0.353 e. The summed E-state index contributed by atoms with van der Waals surface area (Å²) < 4.78 is 13.7. The number of likely N-dealkylation sites (tertiary alicyclic amines) is 1. The number of rotatable bonds is 5. The van der Waals surface area contributed by atoms with Gasteiger partial charge in [-0.05, 0) is 54.8 Å². The van der Waals surface area contributed by atoms with Crippen LogP contribution < -0.4 is 10.6 Å². The Bertz CT molecular complexity index is 1150. The molecule has 7 nitrogen and oxygen atoms in total. The van der Waals surface area contributed by atoms with Crippen molar-refractivity contribution in [3.63, 3.8) is 0 Å². The molecule has 0 bridgehead atoms. The van der Waals surface area contributed by atoms with E-state index in [9.17, 15) is 4.39 Å². The molecule has 2 aromatic heterocycles. The van der Waals surface area contributed by atoms with Gasteiger partial charge in [-0.15, -0.1) is 0 Å². The number of nitrogens with one attached hydrogen (secondary N) is 2. The molecule has 0 spiro atoms. The zero-order valence-electron chi connectivity index (χ0n) is 17.7. The minimum absolute atomic E-state index is 0.0246. The van der Waals surface area contributed by atoms with Crippen LogP contribution in [-0.4, -0.2) is 51.4 Å². The number of amidine groups is 1. The molecule has 4 heterocycles. The third kappa shape index (κ3) is 4.13. The van der Waals surface area contributed by atoms with Crippen LogP contribution in [0.25, 0.3) is 17.5 Å². The van der Waals surface area contributed by atoms with E-state index in [4.69, 9.17) is 16.1 Å². The molecular formula is C24H26FN7. The second kappa shape index (κ2) is 8.55. The van der Waals surface area contributed by atoms with Crippen LogP contribution in [-0.2, 0) is 0 Å². The first-order valence-electron chi connectivity index (χ1n) is 10.9. The second-order valence-corrected chi connectivity index (χ2v) is 8.35. The average Bonchev–Trinajstić information content (AvgIpc) is 3.45. The third-order valence-electron chi connectivity index (χ3n) is 6.03. The number of imidazole rings is 1. The fourth-order valence-electron chi connectivity index (χ4n) is 4.37. The number of aromatic amines is 1. The highest BCUT2D eigenvalue weighted by Crippen LogP contribution is 2.32. The molecule has 5 rings (SSSR count). The minimum Gasteiger partial charge on any atom is -0.353 e. The fraction of sp³-hybridized carbons (Fsp3) is 0.292. The van der Waals surface area contributed by atoms with Crippen LogP contribution in [0, 0.1) is 11.2 Å². The van der Waals surface area contributed by atoms with Crippen molar-refractivity contribution >= 4 is 17.7 Å². The summed E-state index contributed by atoms with van der Waals surface area (Å²) in [5.74, 6) is 1.72. The highest BCUT2D eigenvalue weighted by molar-refractivity contribution is 5.94. The van der Waals surface area contributed by atoms with E-state index in [1.54, 1.807) is 30.5 Å². The van der Waals surface area contributed by atoms with Gasteiger partial charge in [-0.3, -0.25) is 5.41 Å². The molecule has 2 aliphatic rings. The molecule has 3 aromatic rings. The van der Waals surface area contributed by atoms with Gasteiger partial charge in [0.25, 0.3) is 0 Å². The summed E-state index contributed by atoms with van der Waals surface area (Å²) in [6.07, 6.45) is 7.18. The van der Waals surface area contributed by atoms with Gasteiger partial charge in [0.2, 0.25) is 0 Å². The number of hydrogen-bond donors (Lipinski definition) is 3. The number of benzene rings is 1. The van der Waals surface area contributed by atoms with Crippen LogP contribution in [0.15, 0.2) is 54.7 Å². The van der Waals surface area contributed by atoms with Crippen molar-refractivity contribution in [2.45, 2.75) is 24.9 Å². The normalized spacial score (nSPS) is 19.0. The van der Waals surface area contributed by atoms with Crippen LogP contribution in [0.1, 0.15) is 30.3 Å². The van der Waals surface area contributed by atoms with Crippen molar-refractivity contribution in [1.82, 2.24) is 19.9 Å². The van der Waals surface area contributed by atoms with Gasteiger partial charge in [0.05, 0.1) is 23.6 Å². The Morgan fingerprint density at radius 2 is 2.06 bits per heavy atom. The molecule has 0 aliphatic carbocycles. The van der Waals surface area contributed by atoms with E-state index < -0.39 is 0 Å². The monoisotopic (exact) mass is 431 g/mol. The molecule has 1 atom stereocenters. The maximum atomic E-state index is 13.7.